The van der Waals surface area contributed by atoms with E-state index in [1.54, 1.807) is 24.3 Å². The standard InChI is InChI=1S/C22H25N7O2/c1-4-5-8-11-28-21(31)17-10-7-6-9-16(17)19(27-28)20(30)23-13-18-25-26-22-24-14(2)12-15(3)29(18)22/h6-7,9-10,12H,4-5,8,11,13H2,1-3H3,(H,23,30). The lowest BCUT2D eigenvalue weighted by molar-refractivity contribution is 0.0944. The van der Waals surface area contributed by atoms with E-state index >= 15 is 0 Å². The quantitative estimate of drug-likeness (QED) is 0.462. The van der Waals surface area contributed by atoms with Gasteiger partial charge in [-0.1, -0.05) is 38.0 Å². The molecule has 4 rings (SSSR count). The third kappa shape index (κ3) is 4.03. The Morgan fingerprint density at radius 1 is 1.10 bits per heavy atom. The van der Waals surface area contributed by atoms with Gasteiger partial charge in [0.25, 0.3) is 17.2 Å². The van der Waals surface area contributed by atoms with Crippen molar-refractivity contribution >= 4 is 22.5 Å². The van der Waals surface area contributed by atoms with Crippen molar-refractivity contribution in [1.82, 2.24) is 34.7 Å². The van der Waals surface area contributed by atoms with Crippen molar-refractivity contribution in [1.29, 1.82) is 0 Å². The smallest absolute Gasteiger partial charge is 0.274 e. The molecule has 0 fully saturated rings. The maximum absolute atomic E-state index is 13.1. The van der Waals surface area contributed by atoms with Gasteiger partial charge < -0.3 is 5.32 Å². The molecule has 1 amide bonds. The maximum Gasteiger partial charge on any atom is 0.274 e. The lowest BCUT2D eigenvalue weighted by Crippen LogP contribution is -2.31. The topological polar surface area (TPSA) is 107 Å². The van der Waals surface area contributed by atoms with Crippen molar-refractivity contribution in [2.24, 2.45) is 0 Å². The van der Waals surface area contributed by atoms with Gasteiger partial charge in [-0.25, -0.2) is 9.67 Å². The second-order valence-corrected chi connectivity index (χ2v) is 7.60. The summed E-state index contributed by atoms with van der Waals surface area (Å²) in [6, 6.07) is 9.00. The first kappa shape index (κ1) is 20.6. The maximum atomic E-state index is 13.1. The molecular weight excluding hydrogens is 394 g/mol. The molecule has 0 atom stereocenters. The average Bonchev–Trinajstić information content (AvgIpc) is 3.17. The second-order valence-electron chi connectivity index (χ2n) is 7.60. The number of aryl methyl sites for hydroxylation is 3. The highest BCUT2D eigenvalue weighted by Crippen LogP contribution is 2.14. The van der Waals surface area contributed by atoms with Crippen LogP contribution in [0.2, 0.25) is 0 Å². The summed E-state index contributed by atoms with van der Waals surface area (Å²) in [5.74, 6) is 0.707. The largest absolute Gasteiger partial charge is 0.343 e. The Hall–Kier alpha value is -3.62. The SMILES string of the molecule is CCCCCn1nc(C(=O)NCc2nnc3nc(C)cc(C)n23)c2ccccc2c1=O. The number of aromatic nitrogens is 6. The fraction of sp³-hybridized carbons (Fsp3) is 0.364. The Labute approximate surface area is 179 Å². The number of carbonyl (C=O) groups excluding carboxylic acids is 1. The van der Waals surface area contributed by atoms with Crippen molar-refractivity contribution < 1.29 is 4.79 Å². The van der Waals surface area contributed by atoms with Crippen molar-refractivity contribution in [3.8, 4) is 0 Å². The number of nitrogens with zero attached hydrogens (tertiary/aromatic N) is 6. The summed E-state index contributed by atoms with van der Waals surface area (Å²) in [7, 11) is 0. The molecule has 0 aliphatic heterocycles. The molecule has 1 N–H and O–H groups in total. The minimum atomic E-state index is -0.366. The molecule has 9 nitrogen and oxygen atoms in total. The Bertz CT molecular complexity index is 1320. The molecule has 0 radical (unpaired) electrons. The summed E-state index contributed by atoms with van der Waals surface area (Å²) in [5.41, 5.74) is 1.84. The van der Waals surface area contributed by atoms with E-state index in [9.17, 15) is 9.59 Å². The van der Waals surface area contributed by atoms with Crippen LogP contribution in [0.15, 0.2) is 35.1 Å². The molecule has 9 heteroatoms. The highest BCUT2D eigenvalue weighted by Gasteiger charge is 2.18. The monoisotopic (exact) mass is 419 g/mol. The van der Waals surface area contributed by atoms with Crippen LogP contribution in [0, 0.1) is 13.8 Å². The van der Waals surface area contributed by atoms with Gasteiger partial charge in [-0.3, -0.25) is 14.0 Å². The summed E-state index contributed by atoms with van der Waals surface area (Å²) >= 11 is 0. The van der Waals surface area contributed by atoms with Crippen molar-refractivity contribution in [3.63, 3.8) is 0 Å². The van der Waals surface area contributed by atoms with E-state index in [2.05, 4.69) is 32.5 Å². The van der Waals surface area contributed by atoms with Crippen LogP contribution in [0.5, 0.6) is 0 Å². The van der Waals surface area contributed by atoms with E-state index in [1.165, 1.54) is 4.68 Å². The molecule has 3 heterocycles. The Morgan fingerprint density at radius 3 is 2.65 bits per heavy atom. The normalized spacial score (nSPS) is 11.3. The highest BCUT2D eigenvalue weighted by atomic mass is 16.2. The molecule has 160 valence electrons. The van der Waals surface area contributed by atoms with Gasteiger partial charge in [0.05, 0.1) is 11.9 Å². The fourth-order valence-corrected chi connectivity index (χ4v) is 3.72. The first-order valence-electron chi connectivity index (χ1n) is 10.5. The van der Waals surface area contributed by atoms with Crippen LogP contribution in [-0.4, -0.2) is 35.3 Å². The molecule has 3 aromatic heterocycles. The number of benzene rings is 1. The minimum Gasteiger partial charge on any atom is -0.343 e. The van der Waals surface area contributed by atoms with Crippen LogP contribution in [0.1, 0.15) is 53.9 Å². The van der Waals surface area contributed by atoms with E-state index in [1.807, 2.05) is 24.3 Å². The van der Waals surface area contributed by atoms with Crippen LogP contribution >= 0.6 is 0 Å². The predicted octanol–water partition coefficient (Wildman–Crippen LogP) is 2.57. The number of unbranched alkanes of at least 4 members (excludes halogenated alkanes) is 2. The molecule has 1 aromatic carbocycles. The highest BCUT2D eigenvalue weighted by molar-refractivity contribution is 6.04. The Kier molecular flexibility index (Phi) is 5.75. The van der Waals surface area contributed by atoms with Gasteiger partial charge in [0, 0.05) is 23.3 Å². The number of fused-ring (bicyclic) bond motifs is 2. The van der Waals surface area contributed by atoms with Crippen molar-refractivity contribution in [2.75, 3.05) is 0 Å². The summed E-state index contributed by atoms with van der Waals surface area (Å²) in [4.78, 5) is 30.2. The van der Waals surface area contributed by atoms with Gasteiger partial charge >= 0.3 is 0 Å². The van der Waals surface area contributed by atoms with Crippen LogP contribution in [0.25, 0.3) is 16.6 Å². The third-order valence-corrected chi connectivity index (χ3v) is 5.22. The number of hydrogen-bond acceptors (Lipinski definition) is 6. The van der Waals surface area contributed by atoms with E-state index < -0.39 is 0 Å². The number of hydrogen-bond donors (Lipinski definition) is 1. The molecule has 31 heavy (non-hydrogen) atoms. The molecular formula is C22H25N7O2. The van der Waals surface area contributed by atoms with Gasteiger partial charge in [-0.05, 0) is 32.4 Å². The first-order valence-corrected chi connectivity index (χ1v) is 10.5. The molecule has 4 aromatic rings. The van der Waals surface area contributed by atoms with Crippen molar-refractivity contribution in [3.05, 3.63) is 63.6 Å². The summed E-state index contributed by atoms with van der Waals surface area (Å²) in [6.45, 7) is 6.59. The molecule has 0 aliphatic rings. The average molecular weight is 419 g/mol. The first-order chi connectivity index (χ1) is 15.0. The fourth-order valence-electron chi connectivity index (χ4n) is 3.72. The van der Waals surface area contributed by atoms with E-state index in [4.69, 9.17) is 0 Å². The van der Waals surface area contributed by atoms with Gasteiger partial charge in [0.15, 0.2) is 11.5 Å². The Morgan fingerprint density at radius 2 is 1.87 bits per heavy atom. The Balaban J connectivity index is 1.65. The van der Waals surface area contributed by atoms with Gasteiger partial charge in [-0.2, -0.15) is 5.10 Å². The molecule has 0 unspecified atom stereocenters. The van der Waals surface area contributed by atoms with Crippen LogP contribution < -0.4 is 10.9 Å². The molecule has 0 saturated heterocycles. The van der Waals surface area contributed by atoms with Crippen molar-refractivity contribution in [2.45, 2.75) is 53.1 Å². The number of nitrogens with one attached hydrogen (secondary N) is 1. The zero-order valence-corrected chi connectivity index (χ0v) is 17.9. The predicted molar refractivity (Wildman–Crippen MR) is 117 cm³/mol. The van der Waals surface area contributed by atoms with E-state index in [0.717, 1.165) is 30.7 Å². The van der Waals surface area contributed by atoms with Crippen LogP contribution in [-0.2, 0) is 13.1 Å². The zero-order chi connectivity index (χ0) is 22.0. The van der Waals surface area contributed by atoms with Gasteiger partial charge in [0.2, 0.25) is 0 Å². The zero-order valence-electron chi connectivity index (χ0n) is 17.9. The molecule has 0 spiro atoms. The molecule has 0 bridgehead atoms. The number of rotatable bonds is 7. The van der Waals surface area contributed by atoms with Gasteiger partial charge in [0.1, 0.15) is 0 Å². The van der Waals surface area contributed by atoms with Crippen LogP contribution in [0.3, 0.4) is 0 Å². The van der Waals surface area contributed by atoms with E-state index in [0.29, 0.717) is 28.9 Å². The summed E-state index contributed by atoms with van der Waals surface area (Å²) < 4.78 is 3.21. The molecule has 0 saturated carbocycles. The van der Waals surface area contributed by atoms with E-state index in [-0.39, 0.29) is 23.7 Å². The lowest BCUT2D eigenvalue weighted by Gasteiger charge is -2.11. The second kappa shape index (κ2) is 8.63. The molecule has 0 aliphatic carbocycles. The lowest BCUT2D eigenvalue weighted by atomic mass is 10.1. The van der Waals surface area contributed by atoms with Crippen LogP contribution in [0.4, 0.5) is 0 Å². The third-order valence-electron chi connectivity index (χ3n) is 5.22. The number of amides is 1. The number of carbonyl (C=O) groups is 1. The minimum absolute atomic E-state index is 0.163. The van der Waals surface area contributed by atoms with Gasteiger partial charge in [-0.15, -0.1) is 10.2 Å². The summed E-state index contributed by atoms with van der Waals surface area (Å²) in [5, 5.41) is 16.6. The summed E-state index contributed by atoms with van der Waals surface area (Å²) in [6.07, 6.45) is 2.87.